The molecule has 0 spiro atoms. The third-order valence-electron chi connectivity index (χ3n) is 2.79. The highest BCUT2D eigenvalue weighted by atomic mass is 16.4. The minimum Gasteiger partial charge on any atom is -0.480 e. The molecule has 0 radical (unpaired) electrons. The number of nitrogens with zero attached hydrogens (tertiary/aromatic N) is 3. The summed E-state index contributed by atoms with van der Waals surface area (Å²) in [6, 6.07) is -0.502. The van der Waals surface area contributed by atoms with Gasteiger partial charge in [0.05, 0.1) is 0 Å². The maximum absolute atomic E-state index is 11.9. The summed E-state index contributed by atoms with van der Waals surface area (Å²) >= 11 is 0. The molecule has 8 nitrogen and oxygen atoms in total. The number of H-pyrrole nitrogens is 1. The van der Waals surface area contributed by atoms with Gasteiger partial charge in [-0.15, -0.1) is 0 Å². The molecule has 1 heterocycles. The van der Waals surface area contributed by atoms with Crippen LogP contribution in [0.2, 0.25) is 0 Å². The number of rotatable bonds is 7. The van der Waals surface area contributed by atoms with Crippen LogP contribution >= 0.6 is 0 Å². The first kappa shape index (κ1) is 14.9. The van der Waals surface area contributed by atoms with Gasteiger partial charge in [0.15, 0.2) is 0 Å². The lowest BCUT2D eigenvalue weighted by Crippen LogP contribution is -2.47. The Kier molecular flexibility index (Phi) is 5.77. The van der Waals surface area contributed by atoms with Gasteiger partial charge in [0.25, 0.3) is 0 Å². The number of hydrogen-bond acceptors (Lipinski definition) is 4. The number of hydrogen-bond donors (Lipinski definition) is 3. The van der Waals surface area contributed by atoms with Crippen molar-refractivity contribution in [2.45, 2.75) is 32.7 Å². The summed E-state index contributed by atoms with van der Waals surface area (Å²) in [6.45, 7) is 3.80. The molecule has 19 heavy (non-hydrogen) atoms. The Morgan fingerprint density at radius 3 is 2.84 bits per heavy atom. The minimum atomic E-state index is -1.02. The van der Waals surface area contributed by atoms with E-state index in [9.17, 15) is 9.59 Å². The van der Waals surface area contributed by atoms with Crippen LogP contribution in [0.4, 0.5) is 4.79 Å². The number of aliphatic carboxylic acids is 1. The SMILES string of the molecule is CCC(C)N(CC(=O)O)C(=O)NCCc1ncn[nH]1. The molecule has 0 aliphatic heterocycles. The first-order valence-corrected chi connectivity index (χ1v) is 6.15. The van der Waals surface area contributed by atoms with Gasteiger partial charge in [-0.3, -0.25) is 9.89 Å². The minimum absolute atomic E-state index is 0.124. The molecule has 0 fully saturated rings. The molecule has 1 aromatic heterocycles. The van der Waals surface area contributed by atoms with Gasteiger partial charge < -0.3 is 15.3 Å². The maximum Gasteiger partial charge on any atom is 0.323 e. The fourth-order valence-corrected chi connectivity index (χ4v) is 1.53. The average molecular weight is 269 g/mol. The summed E-state index contributed by atoms with van der Waals surface area (Å²) in [6.07, 6.45) is 2.61. The summed E-state index contributed by atoms with van der Waals surface area (Å²) in [5.41, 5.74) is 0. The van der Waals surface area contributed by atoms with Crippen LogP contribution in [-0.4, -0.2) is 56.3 Å². The van der Waals surface area contributed by atoms with Gasteiger partial charge in [-0.1, -0.05) is 6.92 Å². The lowest BCUT2D eigenvalue weighted by Gasteiger charge is -2.27. The van der Waals surface area contributed by atoms with Gasteiger partial charge in [-0.2, -0.15) is 5.10 Å². The molecule has 0 aliphatic carbocycles. The van der Waals surface area contributed by atoms with Crippen molar-refractivity contribution in [1.29, 1.82) is 0 Å². The van der Waals surface area contributed by atoms with E-state index in [0.717, 1.165) is 0 Å². The highest BCUT2D eigenvalue weighted by Gasteiger charge is 2.21. The Morgan fingerprint density at radius 2 is 2.32 bits per heavy atom. The number of urea groups is 1. The number of carboxylic acid groups (broad SMARTS) is 1. The Morgan fingerprint density at radius 1 is 1.58 bits per heavy atom. The second kappa shape index (κ2) is 7.34. The monoisotopic (exact) mass is 269 g/mol. The van der Waals surface area contributed by atoms with Crippen molar-refractivity contribution in [3.8, 4) is 0 Å². The molecule has 3 N–H and O–H groups in total. The lowest BCUT2D eigenvalue weighted by atomic mass is 10.2. The molecule has 1 unspecified atom stereocenters. The van der Waals surface area contributed by atoms with E-state index in [4.69, 9.17) is 5.11 Å². The maximum atomic E-state index is 11.9. The van der Waals surface area contributed by atoms with E-state index in [1.807, 2.05) is 13.8 Å². The molecule has 0 saturated carbocycles. The second-order valence-corrected chi connectivity index (χ2v) is 4.19. The topological polar surface area (TPSA) is 111 Å². The number of carbonyl (C=O) groups is 2. The summed E-state index contributed by atoms with van der Waals surface area (Å²) in [4.78, 5) is 27.9. The lowest BCUT2D eigenvalue weighted by molar-refractivity contribution is -0.138. The molecule has 0 saturated heterocycles. The van der Waals surface area contributed by atoms with E-state index in [-0.39, 0.29) is 18.6 Å². The zero-order chi connectivity index (χ0) is 14.3. The smallest absolute Gasteiger partial charge is 0.323 e. The number of amides is 2. The second-order valence-electron chi connectivity index (χ2n) is 4.19. The molecular formula is C11H19N5O3. The zero-order valence-electron chi connectivity index (χ0n) is 11.1. The van der Waals surface area contributed by atoms with Crippen molar-refractivity contribution < 1.29 is 14.7 Å². The molecular weight excluding hydrogens is 250 g/mol. The van der Waals surface area contributed by atoms with Crippen molar-refractivity contribution in [2.24, 2.45) is 0 Å². The van der Waals surface area contributed by atoms with Crippen molar-refractivity contribution in [1.82, 2.24) is 25.4 Å². The molecule has 0 aromatic carbocycles. The van der Waals surface area contributed by atoms with Gasteiger partial charge in [-0.05, 0) is 13.3 Å². The Labute approximate surface area is 111 Å². The third-order valence-corrected chi connectivity index (χ3v) is 2.79. The van der Waals surface area contributed by atoms with E-state index in [1.54, 1.807) is 0 Å². The van der Waals surface area contributed by atoms with Crippen LogP contribution in [0, 0.1) is 0 Å². The highest BCUT2D eigenvalue weighted by molar-refractivity contribution is 5.80. The van der Waals surface area contributed by atoms with E-state index in [0.29, 0.717) is 25.2 Å². The van der Waals surface area contributed by atoms with Crippen molar-refractivity contribution in [3.63, 3.8) is 0 Å². The van der Waals surface area contributed by atoms with Crippen molar-refractivity contribution >= 4 is 12.0 Å². The first-order chi connectivity index (χ1) is 9.04. The fraction of sp³-hybridized carbons (Fsp3) is 0.636. The molecule has 0 bridgehead atoms. The van der Waals surface area contributed by atoms with Crippen molar-refractivity contribution in [2.75, 3.05) is 13.1 Å². The first-order valence-electron chi connectivity index (χ1n) is 6.15. The summed E-state index contributed by atoms with van der Waals surface area (Å²) < 4.78 is 0. The molecule has 2 amide bonds. The van der Waals surface area contributed by atoms with Gasteiger partial charge in [0.1, 0.15) is 18.7 Å². The molecule has 106 valence electrons. The van der Waals surface area contributed by atoms with E-state index in [1.165, 1.54) is 11.2 Å². The zero-order valence-corrected chi connectivity index (χ0v) is 11.1. The number of aromatic amines is 1. The summed E-state index contributed by atoms with van der Waals surface area (Å²) in [5, 5.41) is 17.9. The van der Waals surface area contributed by atoms with Gasteiger partial charge in [0, 0.05) is 19.0 Å². The van der Waals surface area contributed by atoms with Crippen molar-refractivity contribution in [3.05, 3.63) is 12.2 Å². The van der Waals surface area contributed by atoms with Crippen LogP contribution in [0.5, 0.6) is 0 Å². The quantitative estimate of drug-likeness (QED) is 0.656. The van der Waals surface area contributed by atoms with E-state index < -0.39 is 5.97 Å². The summed E-state index contributed by atoms with van der Waals surface area (Å²) in [7, 11) is 0. The molecule has 1 aromatic rings. The van der Waals surface area contributed by atoms with Crippen LogP contribution in [0.1, 0.15) is 26.1 Å². The average Bonchev–Trinajstić information content (AvgIpc) is 2.87. The Bertz CT molecular complexity index is 406. The van der Waals surface area contributed by atoms with Crippen LogP contribution in [0.15, 0.2) is 6.33 Å². The van der Waals surface area contributed by atoms with Crippen LogP contribution < -0.4 is 5.32 Å². The standard InChI is InChI=1S/C11H19N5O3/c1-3-8(2)16(6-10(17)18)11(19)12-5-4-9-13-7-14-15-9/h7-8H,3-6H2,1-2H3,(H,12,19)(H,17,18)(H,13,14,15). The molecule has 1 atom stereocenters. The molecule has 8 heteroatoms. The van der Waals surface area contributed by atoms with Gasteiger partial charge in [0.2, 0.25) is 0 Å². The Balaban J connectivity index is 2.44. The van der Waals surface area contributed by atoms with Gasteiger partial charge >= 0.3 is 12.0 Å². The predicted octanol–water partition coefficient (Wildman–Crippen LogP) is 0.242. The Hall–Kier alpha value is -2.12. The number of nitrogens with one attached hydrogen (secondary N) is 2. The van der Waals surface area contributed by atoms with Crippen LogP contribution in [0.25, 0.3) is 0 Å². The largest absolute Gasteiger partial charge is 0.480 e. The summed E-state index contributed by atoms with van der Waals surface area (Å²) in [5.74, 6) is -0.348. The number of aromatic nitrogens is 3. The van der Waals surface area contributed by atoms with E-state index in [2.05, 4.69) is 20.5 Å². The predicted molar refractivity (Wildman–Crippen MR) is 67.6 cm³/mol. The van der Waals surface area contributed by atoms with E-state index >= 15 is 0 Å². The van der Waals surface area contributed by atoms with Crippen LogP contribution in [0.3, 0.4) is 0 Å². The highest BCUT2D eigenvalue weighted by Crippen LogP contribution is 2.03. The third kappa shape index (κ3) is 4.94. The number of carbonyl (C=O) groups excluding carboxylic acids is 1. The fourth-order valence-electron chi connectivity index (χ4n) is 1.53. The normalized spacial score (nSPS) is 11.9. The molecule has 1 rings (SSSR count). The van der Waals surface area contributed by atoms with Crippen LogP contribution in [-0.2, 0) is 11.2 Å². The number of carboxylic acids is 1. The van der Waals surface area contributed by atoms with Gasteiger partial charge in [-0.25, -0.2) is 9.78 Å². The molecule has 0 aliphatic rings.